The van der Waals surface area contributed by atoms with Crippen LogP contribution >= 0.6 is 15.9 Å². The van der Waals surface area contributed by atoms with Gasteiger partial charge >= 0.3 is 0 Å². The average molecular weight is 446 g/mol. The fourth-order valence-corrected chi connectivity index (χ4v) is 3.04. The number of benzene rings is 1. The number of carbonyl (C=O) groups is 1. The summed E-state index contributed by atoms with van der Waals surface area (Å²) in [5.41, 5.74) is 7.87. The van der Waals surface area contributed by atoms with Crippen LogP contribution in [0.15, 0.2) is 47.1 Å². The highest BCUT2D eigenvalue weighted by atomic mass is 79.9. The molecular formula is C20H24BrN5O2. The number of ether oxygens (including phenoxy) is 1. The minimum absolute atomic E-state index is 0.240. The molecule has 0 bridgehead atoms. The van der Waals surface area contributed by atoms with Crippen LogP contribution in [-0.2, 0) is 16.1 Å². The summed E-state index contributed by atoms with van der Waals surface area (Å²) in [6, 6.07) is 11.3. The number of hydrogen-bond acceptors (Lipinski definition) is 5. The van der Waals surface area contributed by atoms with Gasteiger partial charge in [-0.15, -0.1) is 10.2 Å². The Labute approximate surface area is 172 Å². The van der Waals surface area contributed by atoms with Gasteiger partial charge in [0.05, 0.1) is 18.8 Å². The highest BCUT2D eigenvalue weighted by Crippen LogP contribution is 2.19. The van der Waals surface area contributed by atoms with Crippen LogP contribution in [0, 0.1) is 6.92 Å². The van der Waals surface area contributed by atoms with Gasteiger partial charge < -0.3 is 15.8 Å². The maximum Gasteiger partial charge on any atom is 0.240 e. The molecule has 8 heteroatoms. The fraction of sp³-hybridized carbons (Fsp3) is 0.350. The van der Waals surface area contributed by atoms with Gasteiger partial charge in [0, 0.05) is 10.7 Å². The number of hydrogen-bond donors (Lipinski definition) is 2. The van der Waals surface area contributed by atoms with Gasteiger partial charge in [0.25, 0.3) is 0 Å². The molecule has 0 fully saturated rings. The molecule has 7 nitrogen and oxygen atoms in total. The molecule has 2 aromatic heterocycles. The van der Waals surface area contributed by atoms with Gasteiger partial charge in [0.1, 0.15) is 6.04 Å². The van der Waals surface area contributed by atoms with Crippen molar-refractivity contribution in [2.75, 3.05) is 6.61 Å². The summed E-state index contributed by atoms with van der Waals surface area (Å²) in [5, 5.41) is 11.4. The number of aromatic nitrogens is 3. The Bertz CT molecular complexity index is 980. The zero-order chi connectivity index (χ0) is 20.3. The number of nitrogens with two attached hydrogens (primary N) is 1. The van der Waals surface area contributed by atoms with E-state index in [4.69, 9.17) is 10.5 Å². The Hall–Kier alpha value is -2.29. The van der Waals surface area contributed by atoms with E-state index in [1.165, 1.54) is 0 Å². The Morgan fingerprint density at radius 2 is 2.04 bits per heavy atom. The number of carbonyl (C=O) groups excluding carboxylic acids is 1. The van der Waals surface area contributed by atoms with E-state index in [1.54, 1.807) is 13.8 Å². The molecule has 2 heterocycles. The van der Waals surface area contributed by atoms with Gasteiger partial charge in [-0.3, -0.25) is 9.20 Å². The summed E-state index contributed by atoms with van der Waals surface area (Å²) in [6.07, 6.45) is 1.86. The molecule has 0 aliphatic rings. The van der Waals surface area contributed by atoms with Gasteiger partial charge in [0.15, 0.2) is 11.5 Å². The molecular weight excluding hydrogens is 422 g/mol. The summed E-state index contributed by atoms with van der Waals surface area (Å²) in [5.74, 6) is 0.294. The van der Waals surface area contributed by atoms with Crippen LogP contribution in [-0.4, -0.2) is 32.7 Å². The van der Waals surface area contributed by atoms with Crippen LogP contribution < -0.4 is 11.1 Å². The van der Waals surface area contributed by atoms with Crippen molar-refractivity contribution >= 4 is 27.5 Å². The zero-order valence-corrected chi connectivity index (χ0v) is 17.7. The first kappa shape index (κ1) is 20.4. The number of rotatable bonds is 7. The molecule has 0 saturated carbocycles. The topological polar surface area (TPSA) is 94.5 Å². The third-order valence-electron chi connectivity index (χ3n) is 4.40. The lowest BCUT2D eigenvalue weighted by Crippen LogP contribution is -2.50. The first-order chi connectivity index (χ1) is 13.3. The number of nitrogens with zero attached hydrogens (tertiary/aromatic N) is 3. The molecule has 148 valence electrons. The molecule has 28 heavy (non-hydrogen) atoms. The van der Waals surface area contributed by atoms with Crippen molar-refractivity contribution in [2.45, 2.75) is 39.0 Å². The SMILES string of the molecule is Cc1ccccc1COCC(NC(=O)C(C)(C)N)c1nnc2ccc(Br)cn12. The Kier molecular flexibility index (Phi) is 6.12. The third-order valence-corrected chi connectivity index (χ3v) is 4.87. The van der Waals surface area contributed by atoms with E-state index >= 15 is 0 Å². The van der Waals surface area contributed by atoms with E-state index in [9.17, 15) is 4.79 Å². The highest BCUT2D eigenvalue weighted by Gasteiger charge is 2.28. The summed E-state index contributed by atoms with van der Waals surface area (Å²) in [6.45, 7) is 6.03. The first-order valence-corrected chi connectivity index (χ1v) is 9.77. The predicted molar refractivity (Wildman–Crippen MR) is 111 cm³/mol. The summed E-state index contributed by atoms with van der Waals surface area (Å²) in [7, 11) is 0. The van der Waals surface area contributed by atoms with Crippen LogP contribution in [0.4, 0.5) is 0 Å². The van der Waals surface area contributed by atoms with Crippen molar-refractivity contribution in [1.29, 1.82) is 0 Å². The second kappa shape index (κ2) is 8.38. The molecule has 1 atom stereocenters. The van der Waals surface area contributed by atoms with Crippen molar-refractivity contribution in [3.05, 3.63) is 64.0 Å². The van der Waals surface area contributed by atoms with Gasteiger partial charge in [-0.1, -0.05) is 24.3 Å². The van der Waals surface area contributed by atoms with Gasteiger partial charge in [-0.25, -0.2) is 0 Å². The Morgan fingerprint density at radius 1 is 1.29 bits per heavy atom. The minimum Gasteiger partial charge on any atom is -0.374 e. The lowest BCUT2D eigenvalue weighted by atomic mass is 10.1. The lowest BCUT2D eigenvalue weighted by molar-refractivity contribution is -0.126. The second-order valence-corrected chi connectivity index (χ2v) is 8.24. The van der Waals surface area contributed by atoms with E-state index in [0.717, 1.165) is 15.6 Å². The molecule has 3 aromatic rings. The number of aryl methyl sites for hydroxylation is 1. The molecule has 0 spiro atoms. The Morgan fingerprint density at radius 3 is 2.75 bits per heavy atom. The number of halogens is 1. The molecule has 3 rings (SSSR count). The number of amides is 1. The molecule has 0 saturated heterocycles. The normalized spacial score (nSPS) is 12.9. The highest BCUT2D eigenvalue weighted by molar-refractivity contribution is 9.10. The van der Waals surface area contributed by atoms with Crippen molar-refractivity contribution in [2.24, 2.45) is 5.73 Å². The fourth-order valence-electron chi connectivity index (χ4n) is 2.70. The van der Waals surface area contributed by atoms with Gasteiger partial charge in [0.2, 0.25) is 5.91 Å². The molecule has 1 amide bonds. The van der Waals surface area contributed by atoms with Crippen LogP contribution in [0.3, 0.4) is 0 Å². The molecule has 0 radical (unpaired) electrons. The van der Waals surface area contributed by atoms with E-state index in [-0.39, 0.29) is 12.5 Å². The molecule has 0 aliphatic heterocycles. The molecule has 0 aliphatic carbocycles. The zero-order valence-electron chi connectivity index (χ0n) is 16.1. The van der Waals surface area contributed by atoms with Gasteiger partial charge in [-0.2, -0.15) is 0 Å². The van der Waals surface area contributed by atoms with E-state index < -0.39 is 11.6 Å². The molecule has 1 unspecified atom stereocenters. The maximum atomic E-state index is 12.5. The first-order valence-electron chi connectivity index (χ1n) is 8.98. The van der Waals surface area contributed by atoms with Crippen molar-refractivity contribution < 1.29 is 9.53 Å². The summed E-state index contributed by atoms with van der Waals surface area (Å²) < 4.78 is 8.64. The van der Waals surface area contributed by atoms with E-state index in [0.29, 0.717) is 18.1 Å². The number of pyridine rings is 1. The molecule has 1 aromatic carbocycles. The van der Waals surface area contributed by atoms with Crippen LogP contribution in [0.5, 0.6) is 0 Å². The van der Waals surface area contributed by atoms with Gasteiger partial charge in [-0.05, 0) is 60.0 Å². The maximum absolute atomic E-state index is 12.5. The van der Waals surface area contributed by atoms with Crippen molar-refractivity contribution in [3.8, 4) is 0 Å². The Balaban J connectivity index is 1.83. The minimum atomic E-state index is -1.02. The van der Waals surface area contributed by atoms with Crippen LogP contribution in [0.25, 0.3) is 5.65 Å². The average Bonchev–Trinajstić information content (AvgIpc) is 3.04. The quantitative estimate of drug-likeness (QED) is 0.582. The van der Waals surface area contributed by atoms with E-state index in [1.807, 2.05) is 53.9 Å². The van der Waals surface area contributed by atoms with Crippen molar-refractivity contribution in [3.63, 3.8) is 0 Å². The number of nitrogens with one attached hydrogen (secondary N) is 1. The second-order valence-electron chi connectivity index (χ2n) is 7.32. The smallest absolute Gasteiger partial charge is 0.240 e. The predicted octanol–water partition coefficient (Wildman–Crippen LogP) is 2.91. The summed E-state index contributed by atoms with van der Waals surface area (Å²) >= 11 is 3.46. The van der Waals surface area contributed by atoms with Crippen LogP contribution in [0.2, 0.25) is 0 Å². The van der Waals surface area contributed by atoms with Crippen molar-refractivity contribution in [1.82, 2.24) is 19.9 Å². The lowest BCUT2D eigenvalue weighted by Gasteiger charge is -2.23. The van der Waals surface area contributed by atoms with E-state index in [2.05, 4.69) is 31.4 Å². The molecule has 3 N–H and O–H groups in total. The number of fused-ring (bicyclic) bond motifs is 1. The monoisotopic (exact) mass is 445 g/mol. The summed E-state index contributed by atoms with van der Waals surface area (Å²) in [4.78, 5) is 12.5. The third kappa shape index (κ3) is 4.76. The van der Waals surface area contributed by atoms with Crippen LogP contribution in [0.1, 0.15) is 36.8 Å². The standard InChI is InChI=1S/C20H24BrN5O2/c1-13-6-4-5-7-14(13)11-28-12-16(23-19(27)20(2,3)22)18-25-24-17-9-8-15(21)10-26(17)18/h4-10,16H,11-12,22H2,1-3H3,(H,23,27). The largest absolute Gasteiger partial charge is 0.374 e.